The van der Waals surface area contributed by atoms with Crippen LogP contribution < -0.4 is 0 Å². The van der Waals surface area contributed by atoms with Gasteiger partial charge in [-0.05, 0) is 59.8 Å². The van der Waals surface area contributed by atoms with Crippen molar-refractivity contribution < 1.29 is 0 Å². The van der Waals surface area contributed by atoms with Crippen molar-refractivity contribution in [3.63, 3.8) is 0 Å². The Kier molecular flexibility index (Phi) is 5.69. The summed E-state index contributed by atoms with van der Waals surface area (Å²) in [4.78, 5) is 0. The molecule has 0 radical (unpaired) electrons. The summed E-state index contributed by atoms with van der Waals surface area (Å²) in [5.41, 5.74) is 6.74. The maximum atomic E-state index is 2.57. The second-order valence-corrected chi connectivity index (χ2v) is 6.52. The van der Waals surface area contributed by atoms with Crippen molar-refractivity contribution in [2.75, 3.05) is 0 Å². The highest BCUT2D eigenvalue weighted by molar-refractivity contribution is 5.44. The highest BCUT2D eigenvalue weighted by atomic mass is 14.3. The van der Waals surface area contributed by atoms with Crippen LogP contribution in [-0.4, -0.2) is 0 Å². The molecule has 0 saturated heterocycles. The summed E-state index contributed by atoms with van der Waals surface area (Å²) < 4.78 is 0. The van der Waals surface area contributed by atoms with Crippen LogP contribution in [0.4, 0.5) is 0 Å². The molecule has 0 aliphatic heterocycles. The standard InChI is InChI=1S/C18H26.C2H6/c1-3-5-13-7-15-11-17-9-14(6-4-2)10-18(17)12-16(15)8-13;1-2/h11-14H,3-10H2,1-2H3;1-2H3. The lowest BCUT2D eigenvalue weighted by Gasteiger charge is -2.05. The molecular weight excluding hydrogens is 240 g/mol. The molecular formula is C20H32. The highest BCUT2D eigenvalue weighted by Crippen LogP contribution is 2.37. The molecule has 0 bridgehead atoms. The van der Waals surface area contributed by atoms with Crippen LogP contribution in [0.2, 0.25) is 0 Å². The van der Waals surface area contributed by atoms with E-state index in [2.05, 4.69) is 26.0 Å². The molecule has 1 aromatic rings. The lowest BCUT2D eigenvalue weighted by atomic mass is 9.99. The first-order valence-electron chi connectivity index (χ1n) is 8.93. The van der Waals surface area contributed by atoms with Gasteiger partial charge in [-0.15, -0.1) is 0 Å². The van der Waals surface area contributed by atoms with Crippen LogP contribution in [0.25, 0.3) is 0 Å². The van der Waals surface area contributed by atoms with Crippen molar-refractivity contribution in [1.82, 2.24) is 0 Å². The quantitative estimate of drug-likeness (QED) is 0.655. The van der Waals surface area contributed by atoms with E-state index in [1.165, 1.54) is 51.4 Å². The van der Waals surface area contributed by atoms with Crippen LogP contribution in [0.3, 0.4) is 0 Å². The smallest absolute Gasteiger partial charge is 0.0244 e. The van der Waals surface area contributed by atoms with E-state index in [0.29, 0.717) is 0 Å². The molecule has 2 aliphatic rings. The second-order valence-electron chi connectivity index (χ2n) is 6.52. The van der Waals surface area contributed by atoms with Gasteiger partial charge in [-0.2, -0.15) is 0 Å². The summed E-state index contributed by atoms with van der Waals surface area (Å²) >= 11 is 0. The summed E-state index contributed by atoms with van der Waals surface area (Å²) in [6.07, 6.45) is 10.9. The van der Waals surface area contributed by atoms with Crippen LogP contribution in [0.5, 0.6) is 0 Å². The molecule has 2 aliphatic carbocycles. The Morgan fingerprint density at radius 2 is 1.00 bits per heavy atom. The van der Waals surface area contributed by atoms with Crippen LogP contribution >= 0.6 is 0 Å². The first-order valence-corrected chi connectivity index (χ1v) is 8.93. The van der Waals surface area contributed by atoms with E-state index in [9.17, 15) is 0 Å². The maximum absolute atomic E-state index is 2.57. The van der Waals surface area contributed by atoms with Gasteiger partial charge in [0.25, 0.3) is 0 Å². The molecule has 0 heterocycles. The molecule has 0 saturated carbocycles. The molecule has 0 atom stereocenters. The average molecular weight is 272 g/mol. The van der Waals surface area contributed by atoms with Crippen molar-refractivity contribution in [2.24, 2.45) is 11.8 Å². The summed E-state index contributed by atoms with van der Waals surface area (Å²) in [5, 5.41) is 0. The molecule has 0 aromatic heterocycles. The lowest BCUT2D eigenvalue weighted by molar-refractivity contribution is 0.502. The molecule has 1 aromatic carbocycles. The van der Waals surface area contributed by atoms with Crippen LogP contribution in [-0.2, 0) is 25.7 Å². The van der Waals surface area contributed by atoms with Gasteiger partial charge in [0.2, 0.25) is 0 Å². The molecule has 0 N–H and O–H groups in total. The number of rotatable bonds is 4. The molecule has 0 amide bonds. The molecule has 0 unspecified atom stereocenters. The Morgan fingerprint density at radius 3 is 1.25 bits per heavy atom. The largest absolute Gasteiger partial charge is 0.0683 e. The maximum Gasteiger partial charge on any atom is -0.0244 e. The van der Waals surface area contributed by atoms with Crippen molar-refractivity contribution in [1.29, 1.82) is 0 Å². The summed E-state index contributed by atoms with van der Waals surface area (Å²) in [7, 11) is 0. The topological polar surface area (TPSA) is 0 Å². The van der Waals surface area contributed by atoms with Crippen molar-refractivity contribution in [3.05, 3.63) is 34.4 Å². The monoisotopic (exact) mass is 272 g/mol. The van der Waals surface area contributed by atoms with Crippen LogP contribution in [0.15, 0.2) is 12.1 Å². The Morgan fingerprint density at radius 1 is 0.700 bits per heavy atom. The number of hydrogen-bond donors (Lipinski definition) is 0. The van der Waals surface area contributed by atoms with E-state index in [-0.39, 0.29) is 0 Å². The van der Waals surface area contributed by atoms with Crippen LogP contribution in [0.1, 0.15) is 75.6 Å². The van der Waals surface area contributed by atoms with Gasteiger partial charge in [-0.1, -0.05) is 65.5 Å². The minimum absolute atomic E-state index is 0.943. The summed E-state index contributed by atoms with van der Waals surface area (Å²) in [6.45, 7) is 8.64. The number of fused-ring (bicyclic) bond motifs is 2. The third-order valence-electron chi connectivity index (χ3n) is 4.95. The molecule has 0 heteroatoms. The van der Waals surface area contributed by atoms with Crippen molar-refractivity contribution in [2.45, 2.75) is 79.1 Å². The fraction of sp³-hybridized carbons (Fsp3) is 0.700. The van der Waals surface area contributed by atoms with Gasteiger partial charge in [0.05, 0.1) is 0 Å². The van der Waals surface area contributed by atoms with Gasteiger partial charge >= 0.3 is 0 Å². The second kappa shape index (κ2) is 7.29. The van der Waals surface area contributed by atoms with E-state index in [4.69, 9.17) is 0 Å². The fourth-order valence-electron chi connectivity index (χ4n) is 4.16. The molecule has 20 heavy (non-hydrogen) atoms. The zero-order valence-electron chi connectivity index (χ0n) is 14.0. The normalized spacial score (nSPS) is 17.6. The predicted octanol–water partition coefficient (Wildman–Crippen LogP) is 5.74. The van der Waals surface area contributed by atoms with Gasteiger partial charge in [0.15, 0.2) is 0 Å². The van der Waals surface area contributed by atoms with E-state index in [0.717, 1.165) is 11.8 Å². The summed E-state index contributed by atoms with van der Waals surface area (Å²) in [6, 6.07) is 5.13. The Bertz CT molecular complexity index is 358. The molecule has 0 spiro atoms. The predicted molar refractivity (Wildman–Crippen MR) is 89.4 cm³/mol. The van der Waals surface area contributed by atoms with Gasteiger partial charge in [0.1, 0.15) is 0 Å². The van der Waals surface area contributed by atoms with E-state index in [1.807, 2.05) is 13.8 Å². The zero-order chi connectivity index (χ0) is 14.5. The first kappa shape index (κ1) is 15.6. The van der Waals surface area contributed by atoms with Gasteiger partial charge in [0, 0.05) is 0 Å². The minimum Gasteiger partial charge on any atom is -0.0683 e. The van der Waals surface area contributed by atoms with Crippen LogP contribution in [0, 0.1) is 11.8 Å². The van der Waals surface area contributed by atoms with E-state index in [1.54, 1.807) is 22.3 Å². The Hall–Kier alpha value is -0.780. The van der Waals surface area contributed by atoms with Crippen molar-refractivity contribution in [3.8, 4) is 0 Å². The first-order chi connectivity index (χ1) is 9.80. The average Bonchev–Trinajstić information content (AvgIpc) is 3.00. The minimum atomic E-state index is 0.943. The number of benzene rings is 1. The number of hydrogen-bond acceptors (Lipinski definition) is 0. The van der Waals surface area contributed by atoms with Gasteiger partial charge < -0.3 is 0 Å². The molecule has 0 nitrogen and oxygen atoms in total. The molecule has 0 fully saturated rings. The van der Waals surface area contributed by atoms with E-state index < -0.39 is 0 Å². The fourth-order valence-corrected chi connectivity index (χ4v) is 4.16. The highest BCUT2D eigenvalue weighted by Gasteiger charge is 2.26. The third-order valence-corrected chi connectivity index (χ3v) is 4.95. The SMILES string of the molecule is CC.CCCC1Cc2cc3c(cc2C1)CC(CCC)C3. The Labute approximate surface area is 126 Å². The third kappa shape index (κ3) is 3.27. The molecule has 112 valence electrons. The van der Waals surface area contributed by atoms with Gasteiger partial charge in [-0.25, -0.2) is 0 Å². The zero-order valence-corrected chi connectivity index (χ0v) is 14.0. The molecule has 3 rings (SSSR count). The van der Waals surface area contributed by atoms with Gasteiger partial charge in [-0.3, -0.25) is 0 Å². The summed E-state index contributed by atoms with van der Waals surface area (Å²) in [5.74, 6) is 1.89. The lowest BCUT2D eigenvalue weighted by Crippen LogP contribution is -1.98. The van der Waals surface area contributed by atoms with Crippen molar-refractivity contribution >= 4 is 0 Å². The van der Waals surface area contributed by atoms with E-state index >= 15 is 0 Å². The Balaban J connectivity index is 0.000000704.